The lowest BCUT2D eigenvalue weighted by Crippen LogP contribution is -2.20. The first-order valence-corrected chi connectivity index (χ1v) is 10.8. The summed E-state index contributed by atoms with van der Waals surface area (Å²) in [5, 5.41) is 5.61. The van der Waals surface area contributed by atoms with Gasteiger partial charge in [0.25, 0.3) is 0 Å². The first-order valence-electron chi connectivity index (χ1n) is 7.47. The van der Waals surface area contributed by atoms with Gasteiger partial charge in [0.15, 0.2) is 5.82 Å². The molecular formula is C12H24N2O7P2. The van der Waals surface area contributed by atoms with Crippen LogP contribution in [0.3, 0.4) is 0 Å². The Labute approximate surface area is 134 Å². The van der Waals surface area contributed by atoms with Gasteiger partial charge in [-0.25, -0.2) is 0 Å². The van der Waals surface area contributed by atoms with Gasteiger partial charge in [-0.15, -0.1) is 0 Å². The van der Waals surface area contributed by atoms with Crippen molar-refractivity contribution in [3.63, 3.8) is 0 Å². The van der Waals surface area contributed by atoms with Crippen molar-refractivity contribution in [1.29, 1.82) is 0 Å². The molecule has 1 aromatic rings. The lowest BCUT2D eigenvalue weighted by Gasteiger charge is -2.19. The normalized spacial score (nSPS) is 12.8. The van der Waals surface area contributed by atoms with E-state index >= 15 is 0 Å². The number of unbranched alkanes of at least 4 members (excludes halogenated alkanes) is 5. The molecule has 1 rings (SSSR count). The second-order valence-corrected chi connectivity index (χ2v) is 9.19. The molecule has 11 heteroatoms. The molecule has 0 amide bonds. The Morgan fingerprint density at radius 3 is 2.22 bits per heavy atom. The molecule has 0 aromatic carbocycles. The number of aryl methyl sites for hydroxylation is 1. The van der Waals surface area contributed by atoms with E-state index in [1.54, 1.807) is 0 Å². The van der Waals surface area contributed by atoms with Crippen LogP contribution in [0, 0.1) is 0 Å². The van der Waals surface area contributed by atoms with Crippen molar-refractivity contribution in [2.75, 3.05) is 5.32 Å². The van der Waals surface area contributed by atoms with Gasteiger partial charge < -0.3 is 29.4 Å². The second-order valence-electron chi connectivity index (χ2n) is 5.39. The van der Waals surface area contributed by atoms with Crippen molar-refractivity contribution < 1.29 is 33.2 Å². The average Bonchev–Trinajstić information content (AvgIpc) is 2.85. The van der Waals surface area contributed by atoms with Crippen LogP contribution in [-0.4, -0.2) is 30.3 Å². The van der Waals surface area contributed by atoms with Crippen molar-refractivity contribution in [1.82, 2.24) is 5.16 Å². The summed E-state index contributed by atoms with van der Waals surface area (Å²) >= 11 is 0. The maximum atomic E-state index is 11.2. The largest absolute Gasteiger partial charge is 0.360 e. The van der Waals surface area contributed by atoms with Gasteiger partial charge in [-0.05, 0) is 6.42 Å². The van der Waals surface area contributed by atoms with Crippen LogP contribution in [0.4, 0.5) is 5.82 Å². The van der Waals surface area contributed by atoms with E-state index in [4.69, 9.17) is 24.1 Å². The first kappa shape index (κ1) is 20.4. The minimum atomic E-state index is -5.05. The zero-order chi connectivity index (χ0) is 17.5. The van der Waals surface area contributed by atoms with Crippen molar-refractivity contribution in [3.05, 3.63) is 11.8 Å². The van der Waals surface area contributed by atoms with Gasteiger partial charge in [-0.1, -0.05) is 44.2 Å². The summed E-state index contributed by atoms with van der Waals surface area (Å²) in [6.45, 7) is 2.14. The highest BCUT2D eigenvalue weighted by Gasteiger charge is 2.44. The molecule has 134 valence electrons. The summed E-state index contributed by atoms with van der Waals surface area (Å²) in [4.78, 5) is 36.1. The van der Waals surface area contributed by atoms with Gasteiger partial charge >= 0.3 is 15.2 Å². The predicted octanol–water partition coefficient (Wildman–Crippen LogP) is 2.63. The van der Waals surface area contributed by atoms with Crippen LogP contribution < -0.4 is 5.32 Å². The Balaban J connectivity index is 2.52. The molecule has 0 saturated carbocycles. The van der Waals surface area contributed by atoms with Crippen LogP contribution >= 0.6 is 15.2 Å². The quantitative estimate of drug-likeness (QED) is 0.292. The molecule has 1 aromatic heterocycles. The molecule has 23 heavy (non-hydrogen) atoms. The third-order valence-electron chi connectivity index (χ3n) is 3.25. The van der Waals surface area contributed by atoms with Crippen LogP contribution in [0.1, 0.15) is 51.2 Å². The molecule has 0 spiro atoms. The summed E-state index contributed by atoms with van der Waals surface area (Å²) in [6, 6.07) is 1.39. The van der Waals surface area contributed by atoms with Gasteiger partial charge in [-0.2, -0.15) is 0 Å². The maximum Gasteiger partial charge on any atom is 0.360 e. The maximum absolute atomic E-state index is 11.2. The molecule has 0 radical (unpaired) electrons. The van der Waals surface area contributed by atoms with Crippen LogP contribution in [-0.2, 0) is 15.6 Å². The molecule has 0 atom stereocenters. The number of rotatable bonds is 11. The van der Waals surface area contributed by atoms with E-state index in [1.165, 1.54) is 25.3 Å². The Hall–Kier alpha value is -0.690. The Morgan fingerprint density at radius 1 is 1.09 bits per heavy atom. The van der Waals surface area contributed by atoms with E-state index in [0.29, 0.717) is 12.2 Å². The predicted molar refractivity (Wildman–Crippen MR) is 85.1 cm³/mol. The highest BCUT2D eigenvalue weighted by Crippen LogP contribution is 2.59. The first-order chi connectivity index (χ1) is 10.6. The molecule has 9 nitrogen and oxygen atoms in total. The zero-order valence-corrected chi connectivity index (χ0v) is 14.7. The van der Waals surface area contributed by atoms with E-state index in [0.717, 1.165) is 19.3 Å². The van der Waals surface area contributed by atoms with Gasteiger partial charge in [0.2, 0.25) is 5.52 Å². The summed E-state index contributed by atoms with van der Waals surface area (Å²) < 4.78 is 27.3. The number of hydrogen-bond donors (Lipinski definition) is 5. The minimum Gasteiger partial charge on any atom is -0.359 e. The molecular weight excluding hydrogens is 346 g/mol. The van der Waals surface area contributed by atoms with E-state index in [-0.39, 0.29) is 5.82 Å². The minimum absolute atomic E-state index is 0.109. The number of nitrogens with zero attached hydrogens (tertiary/aromatic N) is 1. The Kier molecular flexibility index (Phi) is 7.94. The van der Waals surface area contributed by atoms with E-state index in [2.05, 4.69) is 17.4 Å². The van der Waals surface area contributed by atoms with E-state index in [9.17, 15) is 9.13 Å². The van der Waals surface area contributed by atoms with Crippen LogP contribution in [0.25, 0.3) is 0 Å². The van der Waals surface area contributed by atoms with Crippen molar-refractivity contribution in [3.8, 4) is 0 Å². The van der Waals surface area contributed by atoms with Gasteiger partial charge in [0.1, 0.15) is 5.76 Å². The third-order valence-corrected chi connectivity index (χ3v) is 6.59. The van der Waals surface area contributed by atoms with E-state index < -0.39 is 20.7 Å². The molecule has 0 bridgehead atoms. The highest BCUT2D eigenvalue weighted by molar-refractivity contribution is 7.71. The third kappa shape index (κ3) is 7.61. The van der Waals surface area contributed by atoms with Crippen molar-refractivity contribution in [2.24, 2.45) is 0 Å². The molecule has 0 aliphatic carbocycles. The molecule has 0 aliphatic rings. The second kappa shape index (κ2) is 8.97. The monoisotopic (exact) mass is 370 g/mol. The Bertz CT molecular complexity index is 544. The highest BCUT2D eigenvalue weighted by atomic mass is 31.2. The summed E-state index contributed by atoms with van der Waals surface area (Å²) in [5.74, 6) is 0.390. The molecule has 1 heterocycles. The van der Waals surface area contributed by atoms with Gasteiger partial charge in [0.05, 0.1) is 0 Å². The van der Waals surface area contributed by atoms with Crippen molar-refractivity contribution in [2.45, 2.75) is 57.4 Å². The van der Waals surface area contributed by atoms with Gasteiger partial charge in [-0.3, -0.25) is 9.13 Å². The Morgan fingerprint density at radius 2 is 1.65 bits per heavy atom. The fourth-order valence-corrected chi connectivity index (χ4v) is 4.24. The van der Waals surface area contributed by atoms with E-state index in [1.807, 2.05) is 0 Å². The summed E-state index contributed by atoms with van der Waals surface area (Å²) in [6.07, 6.45) is 7.24. The molecule has 0 aliphatic heterocycles. The zero-order valence-electron chi connectivity index (χ0n) is 13.0. The SMILES string of the molecule is CCCCCCCCc1cc(NC(P(=O)(O)O)P(=O)(O)O)no1. The van der Waals surface area contributed by atoms with Gasteiger partial charge in [0, 0.05) is 12.5 Å². The fourth-order valence-electron chi connectivity index (χ4n) is 2.07. The topological polar surface area (TPSA) is 153 Å². The fraction of sp³-hybridized carbons (Fsp3) is 0.750. The summed E-state index contributed by atoms with van der Waals surface area (Å²) in [5.41, 5.74) is -2.33. The molecule has 5 N–H and O–H groups in total. The van der Waals surface area contributed by atoms with Crippen LogP contribution in [0.15, 0.2) is 10.6 Å². The lowest BCUT2D eigenvalue weighted by atomic mass is 10.1. The average molecular weight is 370 g/mol. The molecule has 0 unspecified atom stereocenters. The van der Waals surface area contributed by atoms with Crippen LogP contribution in [0.2, 0.25) is 0 Å². The molecule has 0 fully saturated rings. The lowest BCUT2D eigenvalue weighted by molar-refractivity contribution is 0.342. The smallest absolute Gasteiger partial charge is 0.359 e. The summed E-state index contributed by atoms with van der Waals surface area (Å²) in [7, 11) is -10.1. The molecule has 0 saturated heterocycles. The number of hydrogen-bond acceptors (Lipinski definition) is 5. The van der Waals surface area contributed by atoms with Crippen LogP contribution in [0.5, 0.6) is 0 Å². The number of anilines is 1. The number of nitrogens with one attached hydrogen (secondary N) is 1. The standard InChI is InChI=1S/C12H24N2O7P2/c1-2-3-4-5-6-7-8-10-9-11(14-21-10)13-12(22(15,16)17)23(18,19)20/h9,12H,2-8H2,1H3,(H,13,14)(H2,15,16,17)(H2,18,19,20). The van der Waals surface area contributed by atoms with Crippen molar-refractivity contribution >= 4 is 21.0 Å². The number of aromatic nitrogens is 1.